The standard InChI is InChI=1S/C14H19NO3/c1-10(16)17-8-11-5-12(14(2,3)4)7-13(6-11)15-9-18-15/h5-7H,8-9H2,1-4H3. The molecule has 4 heteroatoms. The van der Waals surface area contributed by atoms with E-state index in [-0.39, 0.29) is 11.4 Å². The normalized spacial score (nSPS) is 14.6. The first-order valence-corrected chi connectivity index (χ1v) is 6.04. The van der Waals surface area contributed by atoms with E-state index in [1.165, 1.54) is 12.5 Å². The quantitative estimate of drug-likeness (QED) is 0.610. The van der Waals surface area contributed by atoms with E-state index in [0.717, 1.165) is 11.3 Å². The number of hydroxylamine groups is 1. The largest absolute Gasteiger partial charge is 0.461 e. The molecule has 0 unspecified atom stereocenters. The molecule has 1 aliphatic heterocycles. The molecule has 1 saturated heterocycles. The van der Waals surface area contributed by atoms with Crippen LogP contribution in [0.5, 0.6) is 0 Å². The topological polar surface area (TPSA) is 41.8 Å². The SMILES string of the molecule is CC(=O)OCc1cc(N2CO2)cc(C(C)(C)C)c1. The predicted molar refractivity (Wildman–Crippen MR) is 69.0 cm³/mol. The molecule has 2 rings (SSSR count). The zero-order valence-electron chi connectivity index (χ0n) is 11.3. The van der Waals surface area contributed by atoms with E-state index in [1.54, 1.807) is 0 Å². The number of anilines is 1. The molecule has 0 aliphatic carbocycles. The minimum atomic E-state index is -0.263. The first-order chi connectivity index (χ1) is 8.36. The maximum Gasteiger partial charge on any atom is 0.302 e. The summed E-state index contributed by atoms with van der Waals surface area (Å²) < 4.78 is 5.05. The predicted octanol–water partition coefficient (Wildman–Crippen LogP) is 2.76. The van der Waals surface area contributed by atoms with E-state index in [0.29, 0.717) is 13.3 Å². The average molecular weight is 249 g/mol. The fraction of sp³-hybridized carbons (Fsp3) is 0.500. The molecule has 0 saturated carbocycles. The van der Waals surface area contributed by atoms with Crippen molar-refractivity contribution in [1.29, 1.82) is 0 Å². The number of rotatable bonds is 3. The van der Waals surface area contributed by atoms with Crippen molar-refractivity contribution in [2.45, 2.75) is 39.7 Å². The average Bonchev–Trinajstić information content (AvgIpc) is 3.08. The third-order valence-electron chi connectivity index (χ3n) is 2.83. The molecule has 1 heterocycles. The molecular formula is C14H19NO3. The van der Waals surface area contributed by atoms with Crippen LogP contribution in [0, 0.1) is 0 Å². The monoisotopic (exact) mass is 249 g/mol. The number of esters is 1. The van der Waals surface area contributed by atoms with Gasteiger partial charge in [0.1, 0.15) is 6.61 Å². The van der Waals surface area contributed by atoms with Crippen molar-refractivity contribution in [2.75, 3.05) is 11.8 Å². The molecule has 1 aromatic rings. The second kappa shape index (κ2) is 4.61. The maximum atomic E-state index is 10.9. The van der Waals surface area contributed by atoms with E-state index in [2.05, 4.69) is 32.9 Å². The summed E-state index contributed by atoms with van der Waals surface area (Å²) in [5, 5.41) is 1.81. The number of hydrogen-bond donors (Lipinski definition) is 0. The lowest BCUT2D eigenvalue weighted by Crippen LogP contribution is -2.12. The Hall–Kier alpha value is -1.55. The molecule has 4 nitrogen and oxygen atoms in total. The second-order valence-electron chi connectivity index (χ2n) is 5.56. The highest BCUT2D eigenvalue weighted by molar-refractivity contribution is 5.66. The minimum absolute atomic E-state index is 0.0526. The van der Waals surface area contributed by atoms with E-state index >= 15 is 0 Å². The van der Waals surface area contributed by atoms with Gasteiger partial charge in [-0.2, -0.15) is 0 Å². The Labute approximate surface area is 107 Å². The van der Waals surface area contributed by atoms with Crippen molar-refractivity contribution in [3.8, 4) is 0 Å². The number of benzene rings is 1. The fourth-order valence-corrected chi connectivity index (χ4v) is 1.70. The van der Waals surface area contributed by atoms with Crippen LogP contribution in [0.25, 0.3) is 0 Å². The number of ether oxygens (including phenoxy) is 1. The van der Waals surface area contributed by atoms with Crippen LogP contribution in [-0.4, -0.2) is 12.7 Å². The van der Waals surface area contributed by atoms with Gasteiger partial charge in [-0.15, -0.1) is 0 Å². The van der Waals surface area contributed by atoms with Crippen molar-refractivity contribution in [3.63, 3.8) is 0 Å². The van der Waals surface area contributed by atoms with Crippen LogP contribution in [-0.2, 0) is 26.4 Å². The summed E-state index contributed by atoms with van der Waals surface area (Å²) in [6.07, 6.45) is 0. The molecule has 1 aliphatic rings. The van der Waals surface area contributed by atoms with Crippen LogP contribution in [0.4, 0.5) is 5.69 Å². The molecule has 0 radical (unpaired) electrons. The summed E-state index contributed by atoms with van der Waals surface area (Å²) in [5.41, 5.74) is 3.27. The van der Waals surface area contributed by atoms with E-state index < -0.39 is 0 Å². The van der Waals surface area contributed by atoms with Gasteiger partial charge in [0.05, 0.1) is 5.69 Å². The molecule has 1 fully saturated rings. The Kier molecular flexibility index (Phi) is 3.30. The van der Waals surface area contributed by atoms with Crippen molar-refractivity contribution >= 4 is 11.7 Å². The zero-order valence-corrected chi connectivity index (χ0v) is 11.3. The van der Waals surface area contributed by atoms with Gasteiger partial charge in [-0.05, 0) is 28.7 Å². The van der Waals surface area contributed by atoms with Crippen LogP contribution < -0.4 is 5.06 Å². The summed E-state index contributed by atoms with van der Waals surface area (Å²) in [5.74, 6) is -0.263. The highest BCUT2D eigenvalue weighted by Gasteiger charge is 2.23. The van der Waals surface area contributed by atoms with Gasteiger partial charge in [0.15, 0.2) is 6.73 Å². The maximum absolute atomic E-state index is 10.9. The van der Waals surface area contributed by atoms with E-state index in [9.17, 15) is 4.79 Å². The minimum Gasteiger partial charge on any atom is -0.461 e. The first-order valence-electron chi connectivity index (χ1n) is 6.04. The molecule has 0 N–H and O–H groups in total. The highest BCUT2D eigenvalue weighted by Crippen LogP contribution is 2.31. The van der Waals surface area contributed by atoms with Crippen molar-refractivity contribution in [2.24, 2.45) is 0 Å². The molecule has 0 aromatic heterocycles. The van der Waals surface area contributed by atoms with Gasteiger partial charge in [-0.25, -0.2) is 9.90 Å². The van der Waals surface area contributed by atoms with E-state index in [1.807, 2.05) is 11.1 Å². The van der Waals surface area contributed by atoms with Gasteiger partial charge in [0.2, 0.25) is 0 Å². The first kappa shape index (κ1) is 12.9. The summed E-state index contributed by atoms with van der Waals surface area (Å²) >= 11 is 0. The Morgan fingerprint density at radius 1 is 1.39 bits per heavy atom. The molecule has 0 spiro atoms. The Morgan fingerprint density at radius 2 is 2.06 bits per heavy atom. The summed E-state index contributed by atoms with van der Waals surface area (Å²) in [6.45, 7) is 8.82. The van der Waals surface area contributed by atoms with Gasteiger partial charge in [0.25, 0.3) is 0 Å². The third kappa shape index (κ3) is 3.23. The number of nitrogens with zero attached hydrogens (tertiary/aromatic N) is 1. The fourth-order valence-electron chi connectivity index (χ4n) is 1.70. The molecular weight excluding hydrogens is 230 g/mol. The van der Waals surface area contributed by atoms with Gasteiger partial charge < -0.3 is 4.74 Å². The Bertz CT molecular complexity index is 459. The summed E-state index contributed by atoms with van der Waals surface area (Å²) in [7, 11) is 0. The van der Waals surface area contributed by atoms with Crippen LogP contribution in [0.15, 0.2) is 18.2 Å². The Morgan fingerprint density at radius 3 is 2.56 bits per heavy atom. The second-order valence-corrected chi connectivity index (χ2v) is 5.56. The molecule has 1 aromatic carbocycles. The van der Waals surface area contributed by atoms with Gasteiger partial charge >= 0.3 is 5.97 Å². The lowest BCUT2D eigenvalue weighted by atomic mass is 9.86. The van der Waals surface area contributed by atoms with Gasteiger partial charge in [-0.1, -0.05) is 26.8 Å². The molecule has 98 valence electrons. The Balaban J connectivity index is 2.27. The molecule has 18 heavy (non-hydrogen) atoms. The van der Waals surface area contributed by atoms with Crippen LogP contribution in [0.2, 0.25) is 0 Å². The molecule has 0 amide bonds. The number of hydrogen-bond acceptors (Lipinski definition) is 4. The smallest absolute Gasteiger partial charge is 0.302 e. The van der Waals surface area contributed by atoms with Crippen molar-refractivity contribution in [1.82, 2.24) is 0 Å². The third-order valence-corrected chi connectivity index (χ3v) is 2.83. The van der Waals surface area contributed by atoms with Crippen molar-refractivity contribution < 1.29 is 14.4 Å². The van der Waals surface area contributed by atoms with Crippen LogP contribution in [0.3, 0.4) is 0 Å². The van der Waals surface area contributed by atoms with Crippen molar-refractivity contribution in [3.05, 3.63) is 29.3 Å². The highest BCUT2D eigenvalue weighted by atomic mass is 16.8. The van der Waals surface area contributed by atoms with Crippen LogP contribution >= 0.6 is 0 Å². The number of carbonyl (C=O) groups is 1. The molecule has 0 atom stereocenters. The number of carbonyl (C=O) groups excluding carboxylic acids is 1. The van der Waals surface area contributed by atoms with E-state index in [4.69, 9.17) is 9.57 Å². The summed E-state index contributed by atoms with van der Waals surface area (Å²) in [4.78, 5) is 16.0. The van der Waals surface area contributed by atoms with Crippen LogP contribution in [0.1, 0.15) is 38.8 Å². The molecule has 0 bridgehead atoms. The van der Waals surface area contributed by atoms with Gasteiger partial charge in [-0.3, -0.25) is 4.79 Å². The summed E-state index contributed by atoms with van der Waals surface area (Å²) in [6, 6.07) is 6.19. The zero-order chi connectivity index (χ0) is 13.3. The lowest BCUT2D eigenvalue weighted by Gasteiger charge is -2.21. The lowest BCUT2D eigenvalue weighted by molar-refractivity contribution is -0.142. The van der Waals surface area contributed by atoms with Gasteiger partial charge in [0, 0.05) is 6.92 Å².